The van der Waals surface area contributed by atoms with E-state index >= 15 is 0 Å². The molecule has 5 heteroatoms. The van der Waals surface area contributed by atoms with Gasteiger partial charge in [0.2, 0.25) is 11.8 Å². The highest BCUT2D eigenvalue weighted by atomic mass is 32.1. The summed E-state index contributed by atoms with van der Waals surface area (Å²) in [6.07, 6.45) is 1.84. The fourth-order valence-corrected chi connectivity index (χ4v) is 3.75. The molecular weight excluding hydrogens is 248 g/mol. The van der Waals surface area contributed by atoms with Gasteiger partial charge in [0.25, 0.3) is 0 Å². The minimum Gasteiger partial charge on any atom is -0.307 e. The lowest BCUT2D eigenvalue weighted by atomic mass is 9.79. The van der Waals surface area contributed by atoms with E-state index in [4.69, 9.17) is 0 Å². The monoisotopic (exact) mass is 270 g/mol. The Bertz CT molecular complexity index is 376. The molecule has 0 aromatic carbocycles. The van der Waals surface area contributed by atoms with Gasteiger partial charge in [-0.3, -0.25) is 14.5 Å². The Hall–Kier alpha value is -0.550. The zero-order chi connectivity index (χ0) is 13.7. The molecule has 0 aromatic rings. The lowest BCUT2D eigenvalue weighted by molar-refractivity contribution is -0.142. The van der Waals surface area contributed by atoms with Gasteiger partial charge in [-0.25, -0.2) is 0 Å². The van der Waals surface area contributed by atoms with Crippen LogP contribution in [0.1, 0.15) is 47.0 Å². The summed E-state index contributed by atoms with van der Waals surface area (Å²) in [5.74, 6) is -0.194. The van der Waals surface area contributed by atoms with Crippen LogP contribution < -0.4 is 5.32 Å². The molecule has 2 heterocycles. The third-order valence-electron chi connectivity index (χ3n) is 3.69. The average molecular weight is 270 g/mol. The van der Waals surface area contributed by atoms with Crippen LogP contribution in [-0.4, -0.2) is 39.1 Å². The predicted octanol–water partition coefficient (Wildman–Crippen LogP) is 1.35. The molecule has 1 atom stereocenters. The average Bonchev–Trinajstić information content (AvgIpc) is 2.35. The first-order valence-electron chi connectivity index (χ1n) is 6.45. The van der Waals surface area contributed by atoms with Crippen molar-refractivity contribution in [3.8, 4) is 0 Å². The van der Waals surface area contributed by atoms with E-state index in [0.29, 0.717) is 0 Å². The van der Waals surface area contributed by atoms with Crippen LogP contribution in [0, 0.1) is 0 Å². The van der Waals surface area contributed by atoms with Crippen molar-refractivity contribution in [2.24, 2.45) is 0 Å². The van der Waals surface area contributed by atoms with Crippen molar-refractivity contribution in [2.45, 2.75) is 69.3 Å². The van der Waals surface area contributed by atoms with Crippen LogP contribution in [0.25, 0.3) is 0 Å². The SMILES string of the molecule is CC1(C)CC(N2C(=O)CC(S)C2=O)CC(C)(C)N1. The molecule has 102 valence electrons. The van der Waals surface area contributed by atoms with Gasteiger partial charge in [0.05, 0.1) is 5.25 Å². The molecule has 0 aromatic heterocycles. The standard InChI is InChI=1S/C13H22N2O2S/c1-12(2)6-8(7-13(3,4)14-12)15-10(16)5-9(18)11(15)17/h8-9,14,18H,5-7H2,1-4H3. The Labute approximate surface area is 114 Å². The molecule has 0 bridgehead atoms. The number of carbonyl (C=O) groups is 2. The van der Waals surface area contributed by atoms with Gasteiger partial charge in [-0.05, 0) is 40.5 Å². The highest BCUT2D eigenvalue weighted by Gasteiger charge is 2.47. The van der Waals surface area contributed by atoms with Crippen molar-refractivity contribution < 1.29 is 9.59 Å². The number of nitrogens with zero attached hydrogens (tertiary/aromatic N) is 1. The first kappa shape index (κ1) is 13.9. The highest BCUT2D eigenvalue weighted by molar-refractivity contribution is 7.81. The Kier molecular flexibility index (Phi) is 3.26. The van der Waals surface area contributed by atoms with Crippen LogP contribution in [0.3, 0.4) is 0 Å². The van der Waals surface area contributed by atoms with Gasteiger partial charge in [-0.2, -0.15) is 12.6 Å². The largest absolute Gasteiger partial charge is 0.307 e. The highest BCUT2D eigenvalue weighted by Crippen LogP contribution is 2.34. The van der Waals surface area contributed by atoms with E-state index in [0.717, 1.165) is 12.8 Å². The zero-order valence-electron chi connectivity index (χ0n) is 11.5. The summed E-state index contributed by atoms with van der Waals surface area (Å²) in [5, 5.41) is 3.11. The smallest absolute Gasteiger partial charge is 0.242 e. The Balaban J connectivity index is 2.23. The minimum absolute atomic E-state index is 0.00611. The second kappa shape index (κ2) is 4.23. The zero-order valence-corrected chi connectivity index (χ0v) is 12.4. The number of carbonyl (C=O) groups excluding carboxylic acids is 2. The van der Waals surface area contributed by atoms with Crippen molar-refractivity contribution in [1.82, 2.24) is 10.2 Å². The summed E-state index contributed by atoms with van der Waals surface area (Å²) < 4.78 is 0. The molecule has 0 saturated carbocycles. The summed E-state index contributed by atoms with van der Waals surface area (Å²) in [6, 6.07) is -0.00611. The van der Waals surface area contributed by atoms with Gasteiger partial charge in [0, 0.05) is 23.5 Å². The first-order valence-corrected chi connectivity index (χ1v) is 6.96. The second-order valence-corrected chi connectivity index (χ2v) is 7.40. The van der Waals surface area contributed by atoms with Gasteiger partial charge in [0.1, 0.15) is 0 Å². The first-order chi connectivity index (χ1) is 8.11. The molecule has 2 rings (SSSR count). The lowest BCUT2D eigenvalue weighted by Crippen LogP contribution is -2.62. The fourth-order valence-electron chi connectivity index (χ4n) is 3.47. The number of rotatable bonds is 1. The minimum atomic E-state index is -0.446. The molecule has 2 amide bonds. The Morgan fingerprint density at radius 1 is 1.17 bits per heavy atom. The summed E-state index contributed by atoms with van der Waals surface area (Å²) in [6.45, 7) is 8.46. The number of likely N-dealkylation sites (tertiary alicyclic amines) is 1. The molecule has 2 saturated heterocycles. The van der Waals surface area contributed by atoms with Crippen LogP contribution >= 0.6 is 12.6 Å². The van der Waals surface area contributed by atoms with Crippen LogP contribution in [-0.2, 0) is 9.59 Å². The number of nitrogens with one attached hydrogen (secondary N) is 1. The summed E-state index contributed by atoms with van der Waals surface area (Å²) in [7, 11) is 0. The molecule has 1 unspecified atom stereocenters. The Morgan fingerprint density at radius 2 is 1.67 bits per heavy atom. The number of amides is 2. The lowest BCUT2D eigenvalue weighted by Gasteiger charge is -2.48. The Morgan fingerprint density at radius 3 is 2.06 bits per heavy atom. The quantitative estimate of drug-likeness (QED) is 0.558. The topological polar surface area (TPSA) is 49.4 Å². The van der Waals surface area contributed by atoms with Gasteiger partial charge in [-0.1, -0.05) is 0 Å². The van der Waals surface area contributed by atoms with E-state index < -0.39 is 5.25 Å². The van der Waals surface area contributed by atoms with E-state index in [9.17, 15) is 9.59 Å². The molecule has 2 aliphatic rings. The van der Waals surface area contributed by atoms with Crippen LogP contribution in [0.2, 0.25) is 0 Å². The van der Waals surface area contributed by atoms with Gasteiger partial charge >= 0.3 is 0 Å². The van der Waals surface area contributed by atoms with Crippen molar-refractivity contribution in [1.29, 1.82) is 0 Å². The van der Waals surface area contributed by atoms with Crippen LogP contribution in [0.4, 0.5) is 0 Å². The molecule has 4 nitrogen and oxygen atoms in total. The maximum Gasteiger partial charge on any atom is 0.242 e. The van der Waals surface area contributed by atoms with Crippen LogP contribution in [0.15, 0.2) is 0 Å². The van der Waals surface area contributed by atoms with E-state index in [-0.39, 0.29) is 35.4 Å². The molecule has 2 aliphatic heterocycles. The van der Waals surface area contributed by atoms with Crippen LogP contribution in [0.5, 0.6) is 0 Å². The number of thiol groups is 1. The van der Waals surface area contributed by atoms with E-state index in [2.05, 4.69) is 45.6 Å². The van der Waals surface area contributed by atoms with E-state index in [1.165, 1.54) is 4.90 Å². The molecule has 18 heavy (non-hydrogen) atoms. The third kappa shape index (κ3) is 2.57. The summed E-state index contributed by atoms with van der Waals surface area (Å²) >= 11 is 4.18. The van der Waals surface area contributed by atoms with Gasteiger partial charge in [0.15, 0.2) is 0 Å². The number of hydrogen-bond donors (Lipinski definition) is 2. The number of piperidine rings is 1. The van der Waals surface area contributed by atoms with Crippen molar-refractivity contribution in [2.75, 3.05) is 0 Å². The van der Waals surface area contributed by atoms with E-state index in [1.807, 2.05) is 0 Å². The van der Waals surface area contributed by atoms with Gasteiger partial charge in [-0.15, -0.1) is 0 Å². The van der Waals surface area contributed by atoms with E-state index in [1.54, 1.807) is 0 Å². The van der Waals surface area contributed by atoms with Crippen molar-refractivity contribution in [3.63, 3.8) is 0 Å². The predicted molar refractivity (Wildman–Crippen MR) is 73.6 cm³/mol. The van der Waals surface area contributed by atoms with Gasteiger partial charge < -0.3 is 5.32 Å². The molecule has 0 aliphatic carbocycles. The van der Waals surface area contributed by atoms with Crippen molar-refractivity contribution >= 4 is 24.4 Å². The maximum atomic E-state index is 12.0. The number of hydrogen-bond acceptors (Lipinski definition) is 4. The number of imide groups is 1. The second-order valence-electron chi connectivity index (χ2n) is 6.78. The molecule has 2 fully saturated rings. The summed E-state index contributed by atoms with van der Waals surface area (Å²) in [4.78, 5) is 25.5. The maximum absolute atomic E-state index is 12.0. The summed E-state index contributed by atoms with van der Waals surface area (Å²) in [5.41, 5.74) is -0.136. The molecule has 0 radical (unpaired) electrons. The fraction of sp³-hybridized carbons (Fsp3) is 0.846. The van der Waals surface area contributed by atoms with Crippen molar-refractivity contribution in [3.05, 3.63) is 0 Å². The molecule has 1 N–H and O–H groups in total. The normalized spacial score (nSPS) is 32.1. The third-order valence-corrected chi connectivity index (χ3v) is 4.10. The molecule has 0 spiro atoms. The molecular formula is C13H22N2O2S.